The van der Waals surface area contributed by atoms with Crippen molar-refractivity contribution in [1.82, 2.24) is 0 Å². The number of hydrogen-bond acceptors (Lipinski definition) is 8. The summed E-state index contributed by atoms with van der Waals surface area (Å²) in [7, 11) is 2.96. The van der Waals surface area contributed by atoms with Crippen molar-refractivity contribution in [1.29, 1.82) is 0 Å². The molecule has 9 heteroatoms. The molecule has 2 aromatic carbocycles. The molecule has 0 radical (unpaired) electrons. The fraction of sp³-hybridized carbons (Fsp3) is 0.200. The molecule has 0 saturated carbocycles. The minimum Gasteiger partial charge on any atom is -0.507 e. The van der Waals surface area contributed by atoms with E-state index in [1.54, 1.807) is 42.5 Å². The van der Waals surface area contributed by atoms with Gasteiger partial charge >= 0.3 is 0 Å². The Morgan fingerprint density at radius 1 is 0.971 bits per heavy atom. The van der Waals surface area contributed by atoms with Crippen LogP contribution < -0.4 is 23.8 Å². The third-order valence-electron chi connectivity index (χ3n) is 5.72. The van der Waals surface area contributed by atoms with E-state index in [1.807, 2.05) is 0 Å². The Labute approximate surface area is 194 Å². The average molecular weight is 463 g/mol. The predicted molar refractivity (Wildman–Crippen MR) is 120 cm³/mol. The molecule has 3 heterocycles. The Hall–Kier alpha value is -4.40. The minimum atomic E-state index is -0.995. The number of aliphatic hydroxyl groups excluding tert-OH is 1. The van der Waals surface area contributed by atoms with Gasteiger partial charge in [-0.25, -0.2) is 0 Å². The Kier molecular flexibility index (Phi) is 5.37. The van der Waals surface area contributed by atoms with Gasteiger partial charge in [0.05, 0.1) is 26.1 Å². The summed E-state index contributed by atoms with van der Waals surface area (Å²) in [6.07, 6.45) is 1.44. The molecule has 5 rings (SSSR count). The molecule has 1 aromatic heterocycles. The summed E-state index contributed by atoms with van der Waals surface area (Å²) in [6.45, 7) is 0.796. The number of rotatable bonds is 5. The van der Waals surface area contributed by atoms with E-state index in [-0.39, 0.29) is 16.9 Å². The first-order valence-corrected chi connectivity index (χ1v) is 10.5. The second-order valence-corrected chi connectivity index (χ2v) is 7.58. The van der Waals surface area contributed by atoms with Crippen molar-refractivity contribution < 1.29 is 38.1 Å². The fourth-order valence-corrected chi connectivity index (χ4v) is 4.14. The fourth-order valence-electron chi connectivity index (χ4n) is 4.14. The van der Waals surface area contributed by atoms with Gasteiger partial charge in [-0.05, 0) is 42.5 Å². The van der Waals surface area contributed by atoms with Crippen LogP contribution in [0.2, 0.25) is 0 Å². The monoisotopic (exact) mass is 463 g/mol. The number of fused-ring (bicyclic) bond motifs is 1. The summed E-state index contributed by atoms with van der Waals surface area (Å²) in [5, 5.41) is 11.2. The van der Waals surface area contributed by atoms with Crippen molar-refractivity contribution in [2.45, 2.75) is 6.04 Å². The lowest BCUT2D eigenvalue weighted by Crippen LogP contribution is -2.29. The van der Waals surface area contributed by atoms with Crippen LogP contribution in [0.25, 0.3) is 5.76 Å². The number of ketones is 1. The largest absolute Gasteiger partial charge is 0.507 e. The molecule has 0 spiro atoms. The van der Waals surface area contributed by atoms with E-state index in [9.17, 15) is 14.7 Å². The summed E-state index contributed by atoms with van der Waals surface area (Å²) in [6, 6.07) is 12.0. The molecule has 34 heavy (non-hydrogen) atoms. The number of anilines is 1. The molecule has 9 nitrogen and oxygen atoms in total. The first-order valence-electron chi connectivity index (χ1n) is 10.5. The van der Waals surface area contributed by atoms with Crippen LogP contribution in [0.5, 0.6) is 23.0 Å². The quantitative estimate of drug-likeness (QED) is 0.347. The highest BCUT2D eigenvalue weighted by Gasteiger charge is 2.48. The van der Waals surface area contributed by atoms with E-state index in [0.717, 1.165) is 0 Å². The number of methoxy groups -OCH3 is 2. The molecule has 2 aliphatic rings. The van der Waals surface area contributed by atoms with Gasteiger partial charge in [0, 0.05) is 17.3 Å². The molecular formula is C25H21NO8. The summed E-state index contributed by atoms with van der Waals surface area (Å²) in [5.74, 6) is 0.135. The lowest BCUT2D eigenvalue weighted by atomic mass is 9.99. The number of amides is 1. The first kappa shape index (κ1) is 21.4. The maximum atomic E-state index is 13.2. The van der Waals surface area contributed by atoms with Gasteiger partial charge in [-0.3, -0.25) is 14.5 Å². The van der Waals surface area contributed by atoms with E-state index in [1.165, 1.54) is 31.4 Å². The maximum absolute atomic E-state index is 13.2. The molecule has 0 bridgehead atoms. The molecule has 1 N–H and O–H groups in total. The number of ether oxygens (including phenoxy) is 4. The van der Waals surface area contributed by atoms with E-state index < -0.39 is 17.7 Å². The number of carbonyl (C=O) groups is 2. The van der Waals surface area contributed by atoms with E-state index in [4.69, 9.17) is 23.4 Å². The summed E-state index contributed by atoms with van der Waals surface area (Å²) < 4.78 is 27.3. The van der Waals surface area contributed by atoms with Crippen molar-refractivity contribution in [3.63, 3.8) is 0 Å². The highest BCUT2D eigenvalue weighted by atomic mass is 16.6. The minimum absolute atomic E-state index is 0.109. The van der Waals surface area contributed by atoms with Crippen molar-refractivity contribution in [3.05, 3.63) is 71.7 Å². The normalized spacial score (nSPS) is 18.8. The van der Waals surface area contributed by atoms with Crippen molar-refractivity contribution in [2.24, 2.45) is 0 Å². The number of Topliss-reactive ketones (excluding diaryl/α,β-unsaturated/α-hetero) is 1. The second kappa shape index (κ2) is 8.51. The Balaban J connectivity index is 1.66. The van der Waals surface area contributed by atoms with Crippen molar-refractivity contribution in [3.8, 4) is 23.0 Å². The lowest BCUT2D eigenvalue weighted by molar-refractivity contribution is -0.132. The van der Waals surface area contributed by atoms with Gasteiger partial charge in [-0.15, -0.1) is 0 Å². The van der Waals surface area contributed by atoms with Crippen LogP contribution in [0.15, 0.2) is 64.8 Å². The van der Waals surface area contributed by atoms with Crippen LogP contribution in [-0.4, -0.2) is 44.2 Å². The van der Waals surface area contributed by atoms with Gasteiger partial charge < -0.3 is 28.5 Å². The predicted octanol–water partition coefficient (Wildman–Crippen LogP) is 3.69. The standard InChI is InChI=1S/C25H21NO8/c1-30-16-7-5-14(12-19(16)31-2)23(27)21-22(18-4-3-9-32-18)26(25(29)24(21)28)15-6-8-17-20(13-15)34-11-10-33-17/h3-9,12-13,22,27H,10-11H2,1-2H3/b23-21-. The summed E-state index contributed by atoms with van der Waals surface area (Å²) in [4.78, 5) is 27.7. The third kappa shape index (κ3) is 3.42. The number of carbonyl (C=O) groups excluding carboxylic acids is 2. The molecule has 174 valence electrons. The first-order chi connectivity index (χ1) is 16.5. The van der Waals surface area contributed by atoms with Crippen molar-refractivity contribution >= 4 is 23.1 Å². The van der Waals surface area contributed by atoms with Gasteiger partial charge in [0.15, 0.2) is 23.0 Å². The molecule has 1 saturated heterocycles. The zero-order valence-corrected chi connectivity index (χ0v) is 18.4. The third-order valence-corrected chi connectivity index (χ3v) is 5.72. The number of benzene rings is 2. The summed E-state index contributed by atoms with van der Waals surface area (Å²) in [5.41, 5.74) is 0.579. The number of hydrogen-bond donors (Lipinski definition) is 1. The molecule has 0 aliphatic carbocycles. The van der Waals surface area contributed by atoms with Crippen LogP contribution >= 0.6 is 0 Å². The maximum Gasteiger partial charge on any atom is 0.300 e. The van der Waals surface area contributed by atoms with Crippen LogP contribution in [0, 0.1) is 0 Å². The molecule has 1 atom stereocenters. The topological polar surface area (TPSA) is 108 Å². The molecule has 1 unspecified atom stereocenters. The van der Waals surface area contributed by atoms with Crippen LogP contribution in [-0.2, 0) is 9.59 Å². The Bertz CT molecular complexity index is 1290. The highest BCUT2D eigenvalue weighted by molar-refractivity contribution is 6.51. The average Bonchev–Trinajstić information content (AvgIpc) is 3.49. The zero-order chi connectivity index (χ0) is 23.8. The van der Waals surface area contributed by atoms with Crippen LogP contribution in [0.4, 0.5) is 5.69 Å². The smallest absolute Gasteiger partial charge is 0.300 e. The zero-order valence-electron chi connectivity index (χ0n) is 18.4. The van der Waals surface area contributed by atoms with Gasteiger partial charge in [0.2, 0.25) is 0 Å². The Morgan fingerprint density at radius 2 is 1.74 bits per heavy atom. The summed E-state index contributed by atoms with van der Waals surface area (Å²) >= 11 is 0. The second-order valence-electron chi connectivity index (χ2n) is 7.58. The van der Waals surface area contributed by atoms with Gasteiger partial charge in [-0.1, -0.05) is 0 Å². The number of nitrogens with zero attached hydrogens (tertiary/aromatic N) is 1. The molecule has 2 aliphatic heterocycles. The number of furan rings is 1. The lowest BCUT2D eigenvalue weighted by Gasteiger charge is -2.25. The Morgan fingerprint density at radius 3 is 2.44 bits per heavy atom. The van der Waals surface area contributed by atoms with E-state index in [0.29, 0.717) is 47.7 Å². The number of aliphatic hydroxyl groups is 1. The highest BCUT2D eigenvalue weighted by Crippen LogP contribution is 2.45. The molecule has 3 aromatic rings. The molecular weight excluding hydrogens is 442 g/mol. The van der Waals surface area contributed by atoms with Gasteiger partial charge in [0.1, 0.15) is 30.8 Å². The molecule has 1 amide bonds. The van der Waals surface area contributed by atoms with Crippen LogP contribution in [0.3, 0.4) is 0 Å². The van der Waals surface area contributed by atoms with Gasteiger partial charge in [-0.2, -0.15) is 0 Å². The van der Waals surface area contributed by atoms with Crippen molar-refractivity contribution in [2.75, 3.05) is 32.3 Å². The molecule has 1 fully saturated rings. The van der Waals surface area contributed by atoms with E-state index >= 15 is 0 Å². The van der Waals surface area contributed by atoms with Gasteiger partial charge in [0.25, 0.3) is 11.7 Å². The van der Waals surface area contributed by atoms with E-state index in [2.05, 4.69) is 0 Å². The van der Waals surface area contributed by atoms with Crippen LogP contribution in [0.1, 0.15) is 17.4 Å². The SMILES string of the molecule is COc1ccc(/C(O)=C2/C(=O)C(=O)N(c3ccc4c(c3)OCCO4)C2c2ccco2)cc1OC.